The molecule has 0 aliphatic carbocycles. The number of urea groups is 1. The first-order valence-corrected chi connectivity index (χ1v) is 13.7. The SMILES string of the molecule is CCOC(=O)C1=C(CN2CCN(C(=O)c3cccc(OC)c3)CC2)N(CC)C(=O)NC1c1cc(OC)cc(OC)c1. The molecule has 1 atom stereocenters. The van der Waals surface area contributed by atoms with E-state index >= 15 is 0 Å². The number of rotatable bonds is 10. The molecule has 0 bridgehead atoms. The number of nitrogens with one attached hydrogen (secondary N) is 1. The van der Waals surface area contributed by atoms with E-state index in [-0.39, 0.29) is 18.5 Å². The molecule has 11 nitrogen and oxygen atoms in total. The molecule has 0 radical (unpaired) electrons. The molecular weight excluding hydrogens is 528 g/mol. The zero-order chi connectivity index (χ0) is 29.5. The van der Waals surface area contributed by atoms with Crippen molar-refractivity contribution < 1.29 is 33.3 Å². The summed E-state index contributed by atoms with van der Waals surface area (Å²) in [6, 6.07) is 11.3. The van der Waals surface area contributed by atoms with E-state index in [0.29, 0.717) is 78.9 Å². The Balaban J connectivity index is 1.63. The Labute approximate surface area is 240 Å². The summed E-state index contributed by atoms with van der Waals surface area (Å²) in [4.78, 5) is 45.4. The fourth-order valence-electron chi connectivity index (χ4n) is 5.16. The molecule has 41 heavy (non-hydrogen) atoms. The second kappa shape index (κ2) is 13.4. The molecule has 0 saturated carbocycles. The molecule has 2 aliphatic rings. The summed E-state index contributed by atoms with van der Waals surface area (Å²) < 4.78 is 21.6. The van der Waals surface area contributed by atoms with Gasteiger partial charge in [0.2, 0.25) is 0 Å². The summed E-state index contributed by atoms with van der Waals surface area (Å²) in [5, 5.41) is 2.98. The van der Waals surface area contributed by atoms with Gasteiger partial charge in [0.1, 0.15) is 17.2 Å². The second-order valence-corrected chi connectivity index (χ2v) is 9.65. The van der Waals surface area contributed by atoms with E-state index in [1.807, 2.05) is 11.8 Å². The summed E-state index contributed by atoms with van der Waals surface area (Å²) in [5.74, 6) is 1.14. The number of likely N-dealkylation sites (N-methyl/N-ethyl adjacent to an activating group) is 1. The number of esters is 1. The van der Waals surface area contributed by atoms with Crippen LogP contribution in [0.25, 0.3) is 0 Å². The first-order chi connectivity index (χ1) is 19.8. The highest BCUT2D eigenvalue weighted by Crippen LogP contribution is 2.35. The van der Waals surface area contributed by atoms with Gasteiger partial charge in [-0.1, -0.05) is 6.07 Å². The number of methoxy groups -OCH3 is 3. The van der Waals surface area contributed by atoms with Crippen molar-refractivity contribution in [2.45, 2.75) is 19.9 Å². The highest BCUT2D eigenvalue weighted by molar-refractivity contribution is 5.96. The Kier molecular flexibility index (Phi) is 9.72. The van der Waals surface area contributed by atoms with Crippen molar-refractivity contribution in [3.8, 4) is 17.2 Å². The zero-order valence-corrected chi connectivity index (χ0v) is 24.3. The summed E-state index contributed by atoms with van der Waals surface area (Å²) in [7, 11) is 4.66. The van der Waals surface area contributed by atoms with Crippen LogP contribution in [0.3, 0.4) is 0 Å². The molecule has 1 saturated heterocycles. The van der Waals surface area contributed by atoms with Crippen molar-refractivity contribution in [1.82, 2.24) is 20.0 Å². The topological polar surface area (TPSA) is 110 Å². The molecule has 3 amide bonds. The van der Waals surface area contributed by atoms with Gasteiger partial charge in [-0.15, -0.1) is 0 Å². The van der Waals surface area contributed by atoms with E-state index in [4.69, 9.17) is 18.9 Å². The molecule has 4 rings (SSSR count). The van der Waals surface area contributed by atoms with Gasteiger partial charge in [0.05, 0.1) is 39.6 Å². The lowest BCUT2D eigenvalue weighted by Gasteiger charge is -2.40. The maximum atomic E-state index is 13.5. The van der Waals surface area contributed by atoms with Gasteiger partial charge in [-0.25, -0.2) is 9.59 Å². The predicted molar refractivity (Wildman–Crippen MR) is 152 cm³/mol. The van der Waals surface area contributed by atoms with E-state index < -0.39 is 12.0 Å². The number of piperazine rings is 1. The third kappa shape index (κ3) is 6.57. The van der Waals surface area contributed by atoms with Crippen LogP contribution in [-0.4, -0.2) is 99.8 Å². The van der Waals surface area contributed by atoms with Crippen molar-refractivity contribution in [2.75, 3.05) is 67.2 Å². The summed E-state index contributed by atoms with van der Waals surface area (Å²) >= 11 is 0. The number of amides is 3. The van der Waals surface area contributed by atoms with Crippen molar-refractivity contribution in [3.05, 3.63) is 64.9 Å². The molecule has 1 fully saturated rings. The minimum atomic E-state index is -0.765. The summed E-state index contributed by atoms with van der Waals surface area (Å²) in [6.45, 7) is 6.68. The van der Waals surface area contributed by atoms with E-state index in [1.165, 1.54) is 0 Å². The number of hydrogen-bond donors (Lipinski definition) is 1. The van der Waals surface area contributed by atoms with Gasteiger partial charge in [0.15, 0.2) is 0 Å². The maximum Gasteiger partial charge on any atom is 0.338 e. The molecule has 11 heteroatoms. The molecule has 1 N–H and O–H groups in total. The van der Waals surface area contributed by atoms with Crippen LogP contribution in [0.15, 0.2) is 53.7 Å². The molecule has 1 unspecified atom stereocenters. The van der Waals surface area contributed by atoms with E-state index in [2.05, 4.69) is 10.2 Å². The van der Waals surface area contributed by atoms with Gasteiger partial charge >= 0.3 is 12.0 Å². The highest BCUT2D eigenvalue weighted by atomic mass is 16.5. The molecule has 2 aromatic carbocycles. The van der Waals surface area contributed by atoms with Gasteiger partial charge in [0.25, 0.3) is 5.91 Å². The second-order valence-electron chi connectivity index (χ2n) is 9.65. The molecule has 0 spiro atoms. The van der Waals surface area contributed by atoms with Gasteiger partial charge in [-0.05, 0) is 49.7 Å². The molecule has 2 aliphatic heterocycles. The van der Waals surface area contributed by atoms with Crippen molar-refractivity contribution in [3.63, 3.8) is 0 Å². The number of carbonyl (C=O) groups excluding carboxylic acids is 3. The van der Waals surface area contributed by atoms with Crippen LogP contribution in [0.5, 0.6) is 17.2 Å². The quantitative estimate of drug-likeness (QED) is 0.437. The number of ether oxygens (including phenoxy) is 4. The Bertz CT molecular complexity index is 1280. The first kappa shape index (κ1) is 29.7. The summed E-state index contributed by atoms with van der Waals surface area (Å²) in [6.07, 6.45) is 0. The Morgan fingerprint density at radius 1 is 0.902 bits per heavy atom. The summed E-state index contributed by atoms with van der Waals surface area (Å²) in [5.41, 5.74) is 2.15. The van der Waals surface area contributed by atoms with Gasteiger partial charge < -0.3 is 29.2 Å². The molecular formula is C30H38N4O7. The lowest BCUT2D eigenvalue weighted by atomic mass is 9.93. The molecule has 2 heterocycles. The fourth-order valence-corrected chi connectivity index (χ4v) is 5.16. The molecule has 2 aromatic rings. The van der Waals surface area contributed by atoms with Gasteiger partial charge in [-0.3, -0.25) is 14.6 Å². The van der Waals surface area contributed by atoms with Crippen LogP contribution < -0.4 is 19.5 Å². The number of nitrogens with zero attached hydrogens (tertiary/aromatic N) is 3. The van der Waals surface area contributed by atoms with E-state index in [0.717, 1.165) is 0 Å². The number of benzene rings is 2. The lowest BCUT2D eigenvalue weighted by Crippen LogP contribution is -2.53. The minimum absolute atomic E-state index is 0.0609. The van der Waals surface area contributed by atoms with Gasteiger partial charge in [0, 0.05) is 56.6 Å². The highest BCUT2D eigenvalue weighted by Gasteiger charge is 2.39. The first-order valence-electron chi connectivity index (χ1n) is 13.7. The number of carbonyl (C=O) groups is 3. The van der Waals surface area contributed by atoms with Crippen LogP contribution in [0.2, 0.25) is 0 Å². The third-order valence-electron chi connectivity index (χ3n) is 7.31. The van der Waals surface area contributed by atoms with Crippen LogP contribution in [0, 0.1) is 0 Å². The van der Waals surface area contributed by atoms with Crippen molar-refractivity contribution >= 4 is 17.9 Å². The van der Waals surface area contributed by atoms with E-state index in [1.54, 1.807) is 75.6 Å². The molecule has 220 valence electrons. The third-order valence-corrected chi connectivity index (χ3v) is 7.31. The standard InChI is InChI=1S/C30H38N4O7/c1-6-34-25(19-32-11-13-33(14-12-32)28(35)20-9-8-10-22(15-20)38-3)26(29(36)41-7-2)27(31-30(34)37)21-16-23(39-4)18-24(17-21)40-5/h8-10,15-18,27H,6-7,11-14,19H2,1-5H3,(H,31,37). The largest absolute Gasteiger partial charge is 0.497 e. The van der Waals surface area contributed by atoms with Crippen LogP contribution in [0.1, 0.15) is 35.8 Å². The van der Waals surface area contributed by atoms with Gasteiger partial charge in [-0.2, -0.15) is 0 Å². The Hall–Kier alpha value is -4.25. The zero-order valence-electron chi connectivity index (χ0n) is 24.3. The smallest absolute Gasteiger partial charge is 0.338 e. The van der Waals surface area contributed by atoms with Crippen LogP contribution >= 0.6 is 0 Å². The Morgan fingerprint density at radius 2 is 1.56 bits per heavy atom. The van der Waals surface area contributed by atoms with Crippen LogP contribution in [-0.2, 0) is 9.53 Å². The fraction of sp³-hybridized carbons (Fsp3) is 0.433. The minimum Gasteiger partial charge on any atom is -0.497 e. The lowest BCUT2D eigenvalue weighted by molar-refractivity contribution is -0.139. The number of hydrogen-bond acceptors (Lipinski definition) is 8. The maximum absolute atomic E-state index is 13.5. The molecule has 0 aromatic heterocycles. The van der Waals surface area contributed by atoms with Crippen molar-refractivity contribution in [1.29, 1.82) is 0 Å². The van der Waals surface area contributed by atoms with E-state index in [9.17, 15) is 14.4 Å². The van der Waals surface area contributed by atoms with Crippen molar-refractivity contribution in [2.24, 2.45) is 0 Å². The average molecular weight is 567 g/mol. The average Bonchev–Trinajstić information content (AvgIpc) is 3.00. The predicted octanol–water partition coefficient (Wildman–Crippen LogP) is 3.07. The normalized spacial score (nSPS) is 17.7. The van der Waals surface area contributed by atoms with Crippen LogP contribution in [0.4, 0.5) is 4.79 Å². The monoisotopic (exact) mass is 566 g/mol. The Morgan fingerprint density at radius 3 is 2.15 bits per heavy atom.